The van der Waals surface area contributed by atoms with Crippen LogP contribution in [0.5, 0.6) is 0 Å². The van der Waals surface area contributed by atoms with Crippen LogP contribution in [-0.4, -0.2) is 22.8 Å². The molecule has 1 atom stereocenters. The van der Waals surface area contributed by atoms with Crippen LogP contribution in [-0.2, 0) is 9.57 Å². The fraction of sp³-hybridized carbons (Fsp3) is 0.273. The number of halogens is 2. The number of hydrogen-bond donors (Lipinski definition) is 1. The molecule has 0 saturated carbocycles. The van der Waals surface area contributed by atoms with Gasteiger partial charge in [0.05, 0.1) is 17.2 Å². The maximum Gasteiger partial charge on any atom is 0.509 e. The molecule has 0 saturated heterocycles. The lowest BCUT2D eigenvalue weighted by atomic mass is 10.0. The van der Waals surface area contributed by atoms with Crippen LogP contribution in [0, 0.1) is 5.82 Å². The second kappa shape index (κ2) is 4.45. The fourth-order valence-corrected chi connectivity index (χ4v) is 1.77. The van der Waals surface area contributed by atoms with Crippen molar-refractivity contribution < 1.29 is 23.9 Å². The van der Waals surface area contributed by atoms with E-state index in [1.165, 1.54) is 25.1 Å². The Morgan fingerprint density at radius 2 is 2.39 bits per heavy atom. The minimum Gasteiger partial charge on any atom is -0.450 e. The van der Waals surface area contributed by atoms with Crippen molar-refractivity contribution >= 4 is 23.5 Å². The zero-order valence-corrected chi connectivity index (χ0v) is 10.1. The topological polar surface area (TPSA) is 68.1 Å². The molecule has 18 heavy (non-hydrogen) atoms. The smallest absolute Gasteiger partial charge is 0.450 e. The molecule has 1 aromatic rings. The van der Waals surface area contributed by atoms with Gasteiger partial charge in [-0.05, 0) is 12.1 Å². The van der Waals surface area contributed by atoms with Gasteiger partial charge in [-0.1, -0.05) is 22.8 Å². The average Bonchev–Trinajstić information content (AvgIpc) is 2.63. The number of oxime groups is 1. The standard InChI is InChI=1S/C11H9ClFNO4/c1-11(17-10(15)16)5-9(14-18-11)6-2-3-8(13)7(12)4-6/h2-4H,5H2,1H3,(H,15,16). The number of carbonyl (C=O) groups is 1. The molecule has 96 valence electrons. The molecule has 1 heterocycles. The van der Waals surface area contributed by atoms with Crippen LogP contribution >= 0.6 is 11.6 Å². The summed E-state index contributed by atoms with van der Waals surface area (Å²) in [6.45, 7) is 1.45. The Kier molecular flexibility index (Phi) is 3.13. The molecule has 5 nitrogen and oxygen atoms in total. The second-order valence-corrected chi connectivity index (χ2v) is 4.34. The second-order valence-electron chi connectivity index (χ2n) is 3.94. The van der Waals surface area contributed by atoms with Crippen LogP contribution in [0.25, 0.3) is 0 Å². The quantitative estimate of drug-likeness (QED) is 0.841. The van der Waals surface area contributed by atoms with Crippen molar-refractivity contribution in [2.45, 2.75) is 19.1 Å². The van der Waals surface area contributed by atoms with Crippen LogP contribution in [0.2, 0.25) is 5.02 Å². The molecule has 0 aliphatic carbocycles. The van der Waals surface area contributed by atoms with Crippen LogP contribution in [0.4, 0.5) is 9.18 Å². The summed E-state index contributed by atoms with van der Waals surface area (Å²) in [7, 11) is 0. The summed E-state index contributed by atoms with van der Waals surface area (Å²) in [5.41, 5.74) is 1.000. The van der Waals surface area contributed by atoms with Gasteiger partial charge in [0.1, 0.15) is 5.82 Å². The molecule has 0 fully saturated rings. The largest absolute Gasteiger partial charge is 0.509 e. The summed E-state index contributed by atoms with van der Waals surface area (Å²) >= 11 is 5.65. The molecule has 1 aliphatic rings. The molecule has 1 N–H and O–H groups in total. The predicted molar refractivity (Wildman–Crippen MR) is 61.2 cm³/mol. The van der Waals surface area contributed by atoms with Crippen molar-refractivity contribution in [1.82, 2.24) is 0 Å². The lowest BCUT2D eigenvalue weighted by Crippen LogP contribution is -2.31. The SMILES string of the molecule is CC1(OC(=O)O)CC(c2ccc(F)c(Cl)c2)=NO1. The minimum atomic E-state index is -1.45. The van der Waals surface area contributed by atoms with E-state index in [-0.39, 0.29) is 11.4 Å². The van der Waals surface area contributed by atoms with Crippen molar-refractivity contribution in [1.29, 1.82) is 0 Å². The predicted octanol–water partition coefficient (Wildman–Crippen LogP) is 3.01. The highest BCUT2D eigenvalue weighted by atomic mass is 35.5. The van der Waals surface area contributed by atoms with Gasteiger partial charge in [-0.3, -0.25) is 0 Å². The van der Waals surface area contributed by atoms with Gasteiger partial charge in [0.15, 0.2) is 0 Å². The van der Waals surface area contributed by atoms with E-state index in [0.717, 1.165) is 0 Å². The van der Waals surface area contributed by atoms with E-state index in [2.05, 4.69) is 9.89 Å². The Morgan fingerprint density at radius 3 is 3.00 bits per heavy atom. The summed E-state index contributed by atoms with van der Waals surface area (Å²) in [6.07, 6.45) is -1.33. The number of ether oxygens (including phenoxy) is 1. The third-order valence-corrected chi connectivity index (χ3v) is 2.68. The van der Waals surface area contributed by atoms with Gasteiger partial charge in [0.25, 0.3) is 5.79 Å². The Labute approximate surface area is 107 Å². The number of nitrogens with zero attached hydrogens (tertiary/aromatic N) is 1. The van der Waals surface area contributed by atoms with Gasteiger partial charge >= 0.3 is 6.16 Å². The lowest BCUT2D eigenvalue weighted by molar-refractivity contribution is -0.180. The average molecular weight is 274 g/mol. The first-order valence-corrected chi connectivity index (χ1v) is 5.40. The van der Waals surface area contributed by atoms with Crippen molar-refractivity contribution in [2.24, 2.45) is 5.16 Å². The van der Waals surface area contributed by atoms with Gasteiger partial charge in [0, 0.05) is 12.5 Å². The van der Waals surface area contributed by atoms with Crippen LogP contribution in [0.3, 0.4) is 0 Å². The molecule has 1 unspecified atom stereocenters. The van der Waals surface area contributed by atoms with Crippen LogP contribution in [0.15, 0.2) is 23.4 Å². The van der Waals surface area contributed by atoms with Gasteiger partial charge < -0.3 is 14.7 Å². The summed E-state index contributed by atoms with van der Waals surface area (Å²) in [4.78, 5) is 15.4. The molecule has 1 aromatic carbocycles. The zero-order chi connectivity index (χ0) is 13.3. The van der Waals surface area contributed by atoms with E-state index in [1.807, 2.05) is 0 Å². The molecule has 0 spiro atoms. The Morgan fingerprint density at radius 1 is 1.67 bits per heavy atom. The highest BCUT2D eigenvalue weighted by Gasteiger charge is 2.38. The molecule has 7 heteroatoms. The van der Waals surface area contributed by atoms with Crippen molar-refractivity contribution in [3.8, 4) is 0 Å². The number of benzene rings is 1. The number of carboxylic acid groups (broad SMARTS) is 1. The summed E-state index contributed by atoms with van der Waals surface area (Å²) in [6, 6.07) is 4.08. The number of rotatable bonds is 2. The van der Waals surface area contributed by atoms with Gasteiger partial charge in [0.2, 0.25) is 0 Å². The monoisotopic (exact) mass is 273 g/mol. The minimum absolute atomic E-state index is 0.0389. The van der Waals surface area contributed by atoms with E-state index in [0.29, 0.717) is 11.3 Å². The van der Waals surface area contributed by atoms with Gasteiger partial charge in [-0.2, -0.15) is 0 Å². The third kappa shape index (κ3) is 2.53. The Hall–Kier alpha value is -1.82. The molecule has 0 radical (unpaired) electrons. The fourth-order valence-electron chi connectivity index (χ4n) is 1.59. The molecular weight excluding hydrogens is 265 g/mol. The van der Waals surface area contributed by atoms with Crippen LogP contribution < -0.4 is 0 Å². The molecule has 0 bridgehead atoms. The molecule has 2 rings (SSSR count). The first kappa shape index (κ1) is 12.6. The van der Waals surface area contributed by atoms with Crippen molar-refractivity contribution in [3.05, 3.63) is 34.6 Å². The Bertz CT molecular complexity index is 534. The highest BCUT2D eigenvalue weighted by molar-refractivity contribution is 6.31. The molecule has 0 aromatic heterocycles. The maximum atomic E-state index is 13.0. The normalized spacial score (nSPS) is 22.3. The molecule has 1 aliphatic heterocycles. The van der Waals surface area contributed by atoms with E-state index in [9.17, 15) is 9.18 Å². The zero-order valence-electron chi connectivity index (χ0n) is 9.31. The number of hydrogen-bond acceptors (Lipinski definition) is 4. The first-order chi connectivity index (χ1) is 8.39. The molecular formula is C11H9ClFNO4. The van der Waals surface area contributed by atoms with E-state index >= 15 is 0 Å². The summed E-state index contributed by atoms with van der Waals surface area (Å²) < 4.78 is 17.6. The van der Waals surface area contributed by atoms with Gasteiger partial charge in [-0.15, -0.1) is 0 Å². The van der Waals surface area contributed by atoms with E-state index in [4.69, 9.17) is 21.5 Å². The third-order valence-electron chi connectivity index (χ3n) is 2.39. The van der Waals surface area contributed by atoms with E-state index < -0.39 is 17.8 Å². The lowest BCUT2D eigenvalue weighted by Gasteiger charge is -2.19. The highest BCUT2D eigenvalue weighted by Crippen LogP contribution is 2.29. The maximum absolute atomic E-state index is 13.0. The van der Waals surface area contributed by atoms with E-state index in [1.54, 1.807) is 0 Å². The first-order valence-electron chi connectivity index (χ1n) is 5.02. The molecule has 0 amide bonds. The van der Waals surface area contributed by atoms with Crippen molar-refractivity contribution in [2.75, 3.05) is 0 Å². The Balaban J connectivity index is 2.17. The summed E-state index contributed by atoms with van der Waals surface area (Å²) in [5, 5.41) is 12.2. The van der Waals surface area contributed by atoms with Crippen LogP contribution in [0.1, 0.15) is 18.9 Å². The van der Waals surface area contributed by atoms with Gasteiger partial charge in [-0.25, -0.2) is 9.18 Å². The van der Waals surface area contributed by atoms with Crippen molar-refractivity contribution in [3.63, 3.8) is 0 Å². The summed E-state index contributed by atoms with van der Waals surface area (Å²) in [5.74, 6) is -1.90.